The molecule has 0 aliphatic carbocycles. The molecular formula is C6H6N4O. The molecule has 1 heterocycles. The molecular weight excluding hydrogens is 144 g/mol. The van der Waals surface area contributed by atoms with Gasteiger partial charge in [0, 0.05) is 0 Å². The Hall–Kier alpha value is -1.83. The minimum Gasteiger partial charge on any atom is -0.368 e. The van der Waals surface area contributed by atoms with Crippen LogP contribution in [0.3, 0.4) is 0 Å². The van der Waals surface area contributed by atoms with E-state index in [0.29, 0.717) is 0 Å². The van der Waals surface area contributed by atoms with Crippen LogP contribution in [0.2, 0.25) is 0 Å². The van der Waals surface area contributed by atoms with Crippen LogP contribution in [0.5, 0.6) is 0 Å². The molecule has 11 heavy (non-hydrogen) atoms. The van der Waals surface area contributed by atoms with E-state index in [-0.39, 0.29) is 11.7 Å². The van der Waals surface area contributed by atoms with E-state index >= 15 is 0 Å². The van der Waals surface area contributed by atoms with E-state index in [0.717, 1.165) is 4.90 Å². The zero-order chi connectivity index (χ0) is 8.43. The smallest absolute Gasteiger partial charge is 0.292 e. The summed E-state index contributed by atoms with van der Waals surface area (Å²) in [5.74, 6) is -0.530. The second-order valence-corrected chi connectivity index (χ2v) is 1.88. The summed E-state index contributed by atoms with van der Waals surface area (Å²) in [5, 5.41) is 8.39. The maximum Gasteiger partial charge on any atom is 0.292 e. The summed E-state index contributed by atoms with van der Waals surface area (Å²) < 4.78 is 0. The fourth-order valence-electron chi connectivity index (χ4n) is 0.724. The number of carbonyl (C=O) groups is 1. The van der Waals surface area contributed by atoms with Gasteiger partial charge in [-0.2, -0.15) is 10.2 Å². The SMILES string of the molecule is C/C=C1/N=C(N)N(C#N)C1=O. The first-order chi connectivity index (χ1) is 5.20. The molecule has 0 aromatic carbocycles. The first-order valence-electron chi connectivity index (χ1n) is 2.95. The molecule has 1 aliphatic heterocycles. The highest BCUT2D eigenvalue weighted by molar-refractivity contribution is 6.12. The number of nitrogens with two attached hydrogens (primary N) is 1. The third-order valence-electron chi connectivity index (χ3n) is 1.26. The van der Waals surface area contributed by atoms with Crippen molar-refractivity contribution < 1.29 is 4.79 Å². The van der Waals surface area contributed by atoms with E-state index in [2.05, 4.69) is 4.99 Å². The second kappa shape index (κ2) is 2.42. The first-order valence-corrected chi connectivity index (χ1v) is 2.95. The number of hydrogen-bond acceptors (Lipinski definition) is 4. The van der Waals surface area contributed by atoms with Gasteiger partial charge >= 0.3 is 0 Å². The van der Waals surface area contributed by atoms with Crippen molar-refractivity contribution in [1.29, 1.82) is 5.26 Å². The Morgan fingerprint density at radius 2 is 2.45 bits per heavy atom. The summed E-state index contributed by atoms with van der Waals surface area (Å²) in [6, 6.07) is 0. The fourth-order valence-corrected chi connectivity index (χ4v) is 0.724. The van der Waals surface area contributed by atoms with Gasteiger partial charge in [-0.3, -0.25) is 4.79 Å². The van der Waals surface area contributed by atoms with E-state index in [1.807, 2.05) is 0 Å². The number of guanidine groups is 1. The topological polar surface area (TPSA) is 82.5 Å². The van der Waals surface area contributed by atoms with Crippen molar-refractivity contribution in [3.05, 3.63) is 11.8 Å². The Kier molecular flexibility index (Phi) is 1.60. The minimum atomic E-state index is -0.465. The Bertz CT molecular complexity index is 294. The molecule has 1 rings (SSSR count). The van der Waals surface area contributed by atoms with Gasteiger partial charge in [-0.25, -0.2) is 4.99 Å². The lowest BCUT2D eigenvalue weighted by Crippen LogP contribution is -2.32. The van der Waals surface area contributed by atoms with Crippen molar-refractivity contribution in [3.63, 3.8) is 0 Å². The number of hydrogen-bond donors (Lipinski definition) is 1. The molecule has 5 nitrogen and oxygen atoms in total. The van der Waals surface area contributed by atoms with Gasteiger partial charge in [0.05, 0.1) is 0 Å². The standard InChI is InChI=1S/C6H6N4O/c1-2-4-5(11)10(3-7)6(8)9-4/h2H,1H3,(H2,8,9)/b4-2+. The Morgan fingerprint density at radius 1 is 1.82 bits per heavy atom. The van der Waals surface area contributed by atoms with E-state index < -0.39 is 5.91 Å². The Labute approximate surface area is 63.4 Å². The molecule has 1 amide bonds. The van der Waals surface area contributed by atoms with E-state index in [1.165, 1.54) is 6.08 Å². The van der Waals surface area contributed by atoms with Crippen LogP contribution in [0.25, 0.3) is 0 Å². The van der Waals surface area contributed by atoms with Gasteiger partial charge in [0.25, 0.3) is 5.91 Å². The zero-order valence-corrected chi connectivity index (χ0v) is 5.90. The fraction of sp³-hybridized carbons (Fsp3) is 0.167. The minimum absolute atomic E-state index is 0.0643. The lowest BCUT2D eigenvalue weighted by atomic mass is 10.4. The Morgan fingerprint density at radius 3 is 2.73 bits per heavy atom. The van der Waals surface area contributed by atoms with Crippen molar-refractivity contribution in [2.45, 2.75) is 6.92 Å². The van der Waals surface area contributed by atoms with Crippen LogP contribution in [-0.2, 0) is 4.79 Å². The predicted molar refractivity (Wildman–Crippen MR) is 37.8 cm³/mol. The molecule has 0 bridgehead atoms. The highest BCUT2D eigenvalue weighted by Gasteiger charge is 2.27. The van der Waals surface area contributed by atoms with Gasteiger partial charge in [-0.05, 0) is 6.92 Å². The summed E-state index contributed by atoms with van der Waals surface area (Å²) in [5.41, 5.74) is 5.45. The molecule has 0 aromatic heterocycles. The number of carbonyl (C=O) groups excluding carboxylic acids is 1. The molecule has 0 spiro atoms. The third-order valence-corrected chi connectivity index (χ3v) is 1.26. The normalized spacial score (nSPS) is 20.4. The molecule has 0 fully saturated rings. The number of nitriles is 1. The molecule has 2 N–H and O–H groups in total. The van der Waals surface area contributed by atoms with E-state index in [4.69, 9.17) is 11.0 Å². The van der Waals surface area contributed by atoms with Crippen molar-refractivity contribution in [3.8, 4) is 6.19 Å². The molecule has 0 saturated carbocycles. The van der Waals surface area contributed by atoms with E-state index in [1.54, 1.807) is 13.1 Å². The average molecular weight is 150 g/mol. The summed E-state index contributed by atoms with van der Waals surface area (Å²) in [4.78, 5) is 15.4. The summed E-state index contributed by atoms with van der Waals surface area (Å²) >= 11 is 0. The van der Waals surface area contributed by atoms with Gasteiger partial charge in [0.1, 0.15) is 5.70 Å². The lowest BCUT2D eigenvalue weighted by Gasteiger charge is -2.00. The van der Waals surface area contributed by atoms with Crippen LogP contribution < -0.4 is 5.73 Å². The number of amides is 1. The number of rotatable bonds is 0. The average Bonchev–Trinajstić information content (AvgIpc) is 2.26. The monoisotopic (exact) mass is 150 g/mol. The van der Waals surface area contributed by atoms with Crippen molar-refractivity contribution in [2.75, 3.05) is 0 Å². The van der Waals surface area contributed by atoms with Crippen LogP contribution in [-0.4, -0.2) is 16.8 Å². The van der Waals surface area contributed by atoms with E-state index in [9.17, 15) is 4.79 Å². The van der Waals surface area contributed by atoms with Crippen molar-refractivity contribution >= 4 is 11.9 Å². The molecule has 0 saturated heterocycles. The van der Waals surface area contributed by atoms with Crippen LogP contribution in [0, 0.1) is 11.5 Å². The first kappa shape index (κ1) is 7.28. The van der Waals surface area contributed by atoms with Crippen molar-refractivity contribution in [1.82, 2.24) is 4.90 Å². The van der Waals surface area contributed by atoms with Crippen LogP contribution >= 0.6 is 0 Å². The molecule has 0 atom stereocenters. The molecule has 0 unspecified atom stereocenters. The molecule has 56 valence electrons. The molecule has 1 aliphatic rings. The number of nitrogens with zero attached hydrogens (tertiary/aromatic N) is 3. The summed E-state index contributed by atoms with van der Waals surface area (Å²) in [6.07, 6.45) is 3.12. The van der Waals surface area contributed by atoms with Gasteiger partial charge in [0.2, 0.25) is 5.96 Å². The highest BCUT2D eigenvalue weighted by Crippen LogP contribution is 2.10. The maximum atomic E-state index is 11.0. The van der Waals surface area contributed by atoms with Crippen LogP contribution in [0.1, 0.15) is 6.92 Å². The molecule has 0 aromatic rings. The maximum absolute atomic E-state index is 11.0. The van der Waals surface area contributed by atoms with Crippen LogP contribution in [0.15, 0.2) is 16.8 Å². The number of aliphatic imine (C=N–C) groups is 1. The summed E-state index contributed by atoms with van der Waals surface area (Å²) in [6.45, 7) is 1.66. The van der Waals surface area contributed by atoms with Gasteiger partial charge < -0.3 is 5.73 Å². The number of allylic oxidation sites excluding steroid dienone is 1. The van der Waals surface area contributed by atoms with Crippen molar-refractivity contribution in [2.24, 2.45) is 10.7 Å². The zero-order valence-electron chi connectivity index (χ0n) is 5.90. The largest absolute Gasteiger partial charge is 0.368 e. The third kappa shape index (κ3) is 0.942. The highest BCUT2D eigenvalue weighted by atomic mass is 16.2. The summed E-state index contributed by atoms with van der Waals surface area (Å²) in [7, 11) is 0. The van der Waals surface area contributed by atoms with Gasteiger partial charge in [0.15, 0.2) is 6.19 Å². The van der Waals surface area contributed by atoms with Gasteiger partial charge in [-0.1, -0.05) is 6.08 Å². The quantitative estimate of drug-likeness (QED) is 0.374. The molecule has 0 radical (unpaired) electrons. The Balaban J connectivity index is 3.05. The predicted octanol–water partition coefficient (Wildman–Crippen LogP) is -0.472. The van der Waals surface area contributed by atoms with Gasteiger partial charge in [-0.15, -0.1) is 0 Å². The second-order valence-electron chi connectivity index (χ2n) is 1.88. The molecule has 5 heteroatoms. The lowest BCUT2D eigenvalue weighted by molar-refractivity contribution is -0.120. The van der Waals surface area contributed by atoms with Crippen LogP contribution in [0.4, 0.5) is 0 Å².